The Morgan fingerprint density at radius 2 is 2.30 bits per heavy atom. The molecular weight excluding hydrogens is 338 g/mol. The van der Waals surface area contributed by atoms with Gasteiger partial charge in [0.25, 0.3) is 5.91 Å². The molecule has 0 radical (unpaired) electrons. The van der Waals surface area contributed by atoms with Crippen LogP contribution >= 0.6 is 11.3 Å². The number of carbonyl (C=O) groups excluding carboxylic acids is 1. The van der Waals surface area contributed by atoms with Crippen LogP contribution in [0.15, 0.2) is 17.6 Å². The van der Waals surface area contributed by atoms with Crippen LogP contribution < -0.4 is 5.32 Å². The van der Waals surface area contributed by atoms with Gasteiger partial charge in [-0.05, 0) is 13.0 Å². The fourth-order valence-corrected chi connectivity index (χ4v) is 3.93. The van der Waals surface area contributed by atoms with Gasteiger partial charge in [0.1, 0.15) is 5.69 Å². The Balaban J connectivity index is 1.73. The number of rotatable bonds is 4. The Morgan fingerprint density at radius 1 is 1.52 bits per heavy atom. The molecule has 23 heavy (non-hydrogen) atoms. The molecule has 0 aliphatic carbocycles. The van der Waals surface area contributed by atoms with Crippen LogP contribution in [0.2, 0.25) is 0 Å². The van der Waals surface area contributed by atoms with Crippen LogP contribution in [0.25, 0.3) is 0 Å². The van der Waals surface area contributed by atoms with Gasteiger partial charge in [0.05, 0.1) is 29.5 Å². The number of sulfonamides is 1. The first kappa shape index (κ1) is 16.1. The van der Waals surface area contributed by atoms with E-state index in [1.807, 2.05) is 6.92 Å². The van der Waals surface area contributed by atoms with Gasteiger partial charge in [-0.15, -0.1) is 11.3 Å². The second-order valence-corrected chi connectivity index (χ2v) is 8.48. The predicted molar refractivity (Wildman–Crippen MR) is 85.7 cm³/mol. The quantitative estimate of drug-likeness (QED) is 0.856. The zero-order valence-corrected chi connectivity index (χ0v) is 14.4. The molecule has 0 bridgehead atoms. The highest BCUT2D eigenvalue weighted by Gasteiger charge is 2.30. The number of aromatic nitrogens is 3. The minimum absolute atomic E-state index is 0.243. The van der Waals surface area contributed by atoms with Gasteiger partial charge in [0.2, 0.25) is 10.0 Å². The lowest BCUT2D eigenvalue weighted by Crippen LogP contribution is -2.44. The molecule has 2 aromatic heterocycles. The Morgan fingerprint density at radius 3 is 2.96 bits per heavy atom. The summed E-state index contributed by atoms with van der Waals surface area (Å²) in [5.41, 5.74) is 1.19. The molecule has 1 amide bonds. The van der Waals surface area contributed by atoms with E-state index in [9.17, 15) is 13.2 Å². The second kappa shape index (κ2) is 6.02. The molecule has 3 heterocycles. The van der Waals surface area contributed by atoms with Crippen molar-refractivity contribution in [2.45, 2.75) is 19.5 Å². The number of nitrogens with zero attached hydrogens (tertiary/aromatic N) is 4. The standard InChI is InChI=1S/C13H17N5O3S2/c1-9-16-12(8-22-9)13(19)14-5-11-7-17(23(2,20)21)6-10-3-4-15-18(10)11/h3-4,8,11H,5-7H2,1-2H3,(H,14,19). The molecule has 1 N–H and O–H groups in total. The third-order valence-corrected chi connectivity index (χ3v) is 5.66. The van der Waals surface area contributed by atoms with E-state index in [1.54, 1.807) is 22.3 Å². The first-order valence-corrected chi connectivity index (χ1v) is 9.75. The van der Waals surface area contributed by atoms with E-state index in [1.165, 1.54) is 21.9 Å². The molecule has 2 aromatic rings. The van der Waals surface area contributed by atoms with Crippen molar-refractivity contribution in [3.05, 3.63) is 34.0 Å². The number of nitrogens with one attached hydrogen (secondary N) is 1. The molecule has 1 atom stereocenters. The number of hydrogen-bond donors (Lipinski definition) is 1. The van der Waals surface area contributed by atoms with Crippen molar-refractivity contribution in [3.8, 4) is 0 Å². The largest absolute Gasteiger partial charge is 0.348 e. The monoisotopic (exact) mass is 355 g/mol. The molecule has 1 aliphatic heterocycles. The highest BCUT2D eigenvalue weighted by molar-refractivity contribution is 7.88. The van der Waals surface area contributed by atoms with Crippen molar-refractivity contribution in [1.29, 1.82) is 0 Å². The normalized spacial score (nSPS) is 18.6. The minimum Gasteiger partial charge on any atom is -0.348 e. The summed E-state index contributed by atoms with van der Waals surface area (Å²) in [6.07, 6.45) is 2.83. The smallest absolute Gasteiger partial charge is 0.270 e. The molecule has 0 spiro atoms. The first-order chi connectivity index (χ1) is 10.8. The number of amides is 1. The maximum absolute atomic E-state index is 12.1. The van der Waals surface area contributed by atoms with E-state index in [0.717, 1.165) is 10.7 Å². The number of hydrogen-bond acceptors (Lipinski definition) is 6. The predicted octanol–water partition coefficient (Wildman–Crippen LogP) is 0.394. The van der Waals surface area contributed by atoms with Gasteiger partial charge in [-0.2, -0.15) is 9.40 Å². The first-order valence-electron chi connectivity index (χ1n) is 7.02. The summed E-state index contributed by atoms with van der Waals surface area (Å²) in [4.78, 5) is 16.2. The molecule has 10 heteroatoms. The maximum Gasteiger partial charge on any atom is 0.270 e. The van der Waals surface area contributed by atoms with Gasteiger partial charge in [0.15, 0.2) is 0 Å². The summed E-state index contributed by atoms with van der Waals surface area (Å²) in [6.45, 7) is 2.71. The lowest BCUT2D eigenvalue weighted by molar-refractivity contribution is 0.0938. The van der Waals surface area contributed by atoms with Crippen LogP contribution in [-0.4, -0.2) is 52.7 Å². The Kier molecular flexibility index (Phi) is 4.21. The number of thiazole rings is 1. The summed E-state index contributed by atoms with van der Waals surface area (Å²) >= 11 is 1.41. The Bertz CT molecular complexity index is 826. The van der Waals surface area contributed by atoms with Crippen LogP contribution in [0.5, 0.6) is 0 Å². The summed E-state index contributed by atoms with van der Waals surface area (Å²) in [5.74, 6) is -0.264. The van der Waals surface area contributed by atoms with E-state index in [2.05, 4.69) is 15.4 Å². The van der Waals surface area contributed by atoms with Crippen LogP contribution in [0.3, 0.4) is 0 Å². The Hall–Kier alpha value is -1.78. The molecule has 0 aromatic carbocycles. The SMILES string of the molecule is Cc1nc(C(=O)NCC2CN(S(C)(=O)=O)Cc3ccnn32)cs1. The third kappa shape index (κ3) is 3.43. The van der Waals surface area contributed by atoms with Crippen LogP contribution in [0, 0.1) is 6.92 Å². The molecule has 0 saturated heterocycles. The highest BCUT2D eigenvalue weighted by Crippen LogP contribution is 2.21. The van der Waals surface area contributed by atoms with Gasteiger partial charge in [0, 0.05) is 24.7 Å². The van der Waals surface area contributed by atoms with E-state index >= 15 is 0 Å². The molecule has 8 nitrogen and oxygen atoms in total. The lowest BCUT2D eigenvalue weighted by atomic mass is 10.2. The van der Waals surface area contributed by atoms with E-state index in [-0.39, 0.29) is 25.0 Å². The van der Waals surface area contributed by atoms with Gasteiger partial charge >= 0.3 is 0 Å². The zero-order valence-electron chi connectivity index (χ0n) is 12.8. The van der Waals surface area contributed by atoms with Gasteiger partial charge in [-0.1, -0.05) is 0 Å². The fraction of sp³-hybridized carbons (Fsp3) is 0.462. The van der Waals surface area contributed by atoms with Crippen LogP contribution in [-0.2, 0) is 16.6 Å². The van der Waals surface area contributed by atoms with Crippen molar-refractivity contribution >= 4 is 27.3 Å². The molecule has 124 valence electrons. The second-order valence-electron chi connectivity index (χ2n) is 5.44. The third-order valence-electron chi connectivity index (χ3n) is 3.67. The van der Waals surface area contributed by atoms with Crippen LogP contribution in [0.4, 0.5) is 0 Å². The molecule has 3 rings (SSSR count). The van der Waals surface area contributed by atoms with Crippen molar-refractivity contribution in [3.63, 3.8) is 0 Å². The van der Waals surface area contributed by atoms with Crippen molar-refractivity contribution in [1.82, 2.24) is 24.4 Å². The van der Waals surface area contributed by atoms with Crippen molar-refractivity contribution < 1.29 is 13.2 Å². The average molecular weight is 355 g/mol. The van der Waals surface area contributed by atoms with E-state index in [0.29, 0.717) is 12.2 Å². The highest BCUT2D eigenvalue weighted by atomic mass is 32.2. The van der Waals surface area contributed by atoms with Gasteiger partial charge in [-0.3, -0.25) is 9.48 Å². The van der Waals surface area contributed by atoms with E-state index in [4.69, 9.17) is 0 Å². The molecule has 0 saturated carbocycles. The van der Waals surface area contributed by atoms with Crippen molar-refractivity contribution in [2.75, 3.05) is 19.3 Å². The lowest BCUT2D eigenvalue weighted by Gasteiger charge is -2.32. The van der Waals surface area contributed by atoms with E-state index < -0.39 is 10.0 Å². The summed E-state index contributed by atoms with van der Waals surface area (Å²) in [5, 5.41) is 9.57. The summed E-state index contributed by atoms with van der Waals surface area (Å²) in [7, 11) is -3.30. The van der Waals surface area contributed by atoms with Crippen LogP contribution in [0.1, 0.15) is 27.2 Å². The number of fused-ring (bicyclic) bond motifs is 1. The molecule has 0 fully saturated rings. The minimum atomic E-state index is -3.30. The molecule has 1 unspecified atom stereocenters. The summed E-state index contributed by atoms with van der Waals surface area (Å²) < 4.78 is 26.8. The number of carbonyl (C=O) groups is 1. The Labute approximate surface area is 138 Å². The molecule has 1 aliphatic rings. The maximum atomic E-state index is 12.1. The topological polar surface area (TPSA) is 97.2 Å². The number of aryl methyl sites for hydroxylation is 1. The summed E-state index contributed by atoms with van der Waals surface area (Å²) in [6, 6.07) is 1.54. The average Bonchev–Trinajstić information content (AvgIpc) is 3.11. The van der Waals surface area contributed by atoms with Gasteiger partial charge < -0.3 is 5.32 Å². The molecular formula is C13H17N5O3S2. The van der Waals surface area contributed by atoms with Gasteiger partial charge in [-0.25, -0.2) is 13.4 Å². The fourth-order valence-electron chi connectivity index (χ4n) is 2.53. The zero-order chi connectivity index (χ0) is 16.6. The van der Waals surface area contributed by atoms with Crippen molar-refractivity contribution in [2.24, 2.45) is 0 Å².